The second-order valence-electron chi connectivity index (χ2n) is 4.41. The van der Waals surface area contributed by atoms with Crippen LogP contribution in [0.3, 0.4) is 0 Å². The van der Waals surface area contributed by atoms with Crippen LogP contribution in [0.25, 0.3) is 0 Å². The number of nitrogen functional groups attached to an aromatic ring is 1. The van der Waals surface area contributed by atoms with E-state index in [0.29, 0.717) is 25.4 Å². The van der Waals surface area contributed by atoms with Gasteiger partial charge in [-0.1, -0.05) is 0 Å². The predicted octanol–water partition coefficient (Wildman–Crippen LogP) is 1.59. The normalized spacial score (nSPS) is 13.6. The van der Waals surface area contributed by atoms with Crippen molar-refractivity contribution in [1.29, 1.82) is 0 Å². The third kappa shape index (κ3) is 1.99. The molecule has 0 bridgehead atoms. The molecule has 0 spiro atoms. The molecule has 2 heterocycles. The van der Waals surface area contributed by atoms with Gasteiger partial charge in [-0.3, -0.25) is 4.68 Å². The maximum Gasteiger partial charge on any atom is 0.163 e. The van der Waals surface area contributed by atoms with Crippen LogP contribution in [0, 0.1) is 6.92 Å². The van der Waals surface area contributed by atoms with Crippen molar-refractivity contribution in [2.75, 3.05) is 18.9 Å². The molecule has 2 N–H and O–H groups in total. The number of rotatable bonds is 2. The Morgan fingerprint density at radius 3 is 2.67 bits per heavy atom. The van der Waals surface area contributed by atoms with Crippen LogP contribution in [0.15, 0.2) is 24.5 Å². The first-order valence-corrected chi connectivity index (χ1v) is 5.89. The zero-order chi connectivity index (χ0) is 12.5. The molecule has 1 aliphatic heterocycles. The molecule has 0 fully saturated rings. The lowest BCUT2D eigenvalue weighted by atomic mass is 10.1. The molecule has 0 amide bonds. The Kier molecular flexibility index (Phi) is 2.59. The van der Waals surface area contributed by atoms with Gasteiger partial charge in [0, 0.05) is 23.5 Å². The standard InChI is InChI=1S/C13H15N3O2/c1-9-6-15-16(7-9)8-10-4-12-13(5-11(10)14)18-3-2-17-12/h4-7H,2-3,8,14H2,1H3. The van der Waals surface area contributed by atoms with Crippen LogP contribution in [0.5, 0.6) is 11.5 Å². The number of hydrogen-bond donors (Lipinski definition) is 1. The summed E-state index contributed by atoms with van der Waals surface area (Å²) in [5.41, 5.74) is 8.84. The zero-order valence-electron chi connectivity index (χ0n) is 10.2. The van der Waals surface area contributed by atoms with Crippen LogP contribution in [0.2, 0.25) is 0 Å². The van der Waals surface area contributed by atoms with Crippen molar-refractivity contribution in [2.24, 2.45) is 0 Å². The van der Waals surface area contributed by atoms with E-state index in [2.05, 4.69) is 5.10 Å². The number of nitrogens with two attached hydrogens (primary N) is 1. The summed E-state index contributed by atoms with van der Waals surface area (Å²) in [7, 11) is 0. The van der Waals surface area contributed by atoms with Gasteiger partial charge in [-0.15, -0.1) is 0 Å². The molecule has 18 heavy (non-hydrogen) atoms. The number of aromatic nitrogens is 2. The molecule has 0 saturated heterocycles. The van der Waals surface area contributed by atoms with Gasteiger partial charge in [-0.25, -0.2) is 0 Å². The molecule has 0 unspecified atom stereocenters. The van der Waals surface area contributed by atoms with Gasteiger partial charge in [-0.2, -0.15) is 5.10 Å². The van der Waals surface area contributed by atoms with E-state index in [4.69, 9.17) is 15.2 Å². The third-order valence-corrected chi connectivity index (χ3v) is 2.90. The molecule has 0 atom stereocenters. The minimum atomic E-state index is 0.574. The molecule has 2 aromatic rings. The molecule has 0 saturated carbocycles. The molecular weight excluding hydrogens is 230 g/mol. The monoisotopic (exact) mass is 245 g/mol. The molecule has 94 valence electrons. The molecule has 5 nitrogen and oxygen atoms in total. The van der Waals surface area contributed by atoms with E-state index < -0.39 is 0 Å². The Morgan fingerprint density at radius 2 is 2.00 bits per heavy atom. The van der Waals surface area contributed by atoms with E-state index in [1.54, 1.807) is 0 Å². The van der Waals surface area contributed by atoms with Crippen LogP contribution in [0.4, 0.5) is 5.69 Å². The van der Waals surface area contributed by atoms with Gasteiger partial charge >= 0.3 is 0 Å². The van der Waals surface area contributed by atoms with Crippen LogP contribution >= 0.6 is 0 Å². The lowest BCUT2D eigenvalue weighted by Gasteiger charge is -2.20. The van der Waals surface area contributed by atoms with Crippen molar-refractivity contribution in [2.45, 2.75) is 13.5 Å². The maximum absolute atomic E-state index is 6.02. The molecule has 5 heteroatoms. The minimum absolute atomic E-state index is 0.574. The van der Waals surface area contributed by atoms with Crippen molar-refractivity contribution < 1.29 is 9.47 Å². The summed E-state index contributed by atoms with van der Waals surface area (Å²) in [5.74, 6) is 1.48. The fourth-order valence-corrected chi connectivity index (χ4v) is 2.01. The number of nitrogens with zero attached hydrogens (tertiary/aromatic N) is 2. The second kappa shape index (κ2) is 4.25. The molecule has 0 radical (unpaired) electrons. The average Bonchev–Trinajstić information content (AvgIpc) is 2.76. The summed E-state index contributed by atoms with van der Waals surface area (Å²) in [4.78, 5) is 0. The average molecular weight is 245 g/mol. The first kappa shape index (κ1) is 11.0. The molecule has 3 rings (SSSR count). The van der Waals surface area contributed by atoms with Crippen LogP contribution in [-0.4, -0.2) is 23.0 Å². The lowest BCUT2D eigenvalue weighted by molar-refractivity contribution is 0.171. The predicted molar refractivity (Wildman–Crippen MR) is 67.9 cm³/mol. The van der Waals surface area contributed by atoms with E-state index in [-0.39, 0.29) is 0 Å². The molecule has 1 aromatic heterocycles. The number of ether oxygens (including phenoxy) is 2. The zero-order valence-corrected chi connectivity index (χ0v) is 10.2. The third-order valence-electron chi connectivity index (χ3n) is 2.90. The van der Waals surface area contributed by atoms with Gasteiger partial charge < -0.3 is 15.2 Å². The van der Waals surface area contributed by atoms with Crippen molar-refractivity contribution in [3.63, 3.8) is 0 Å². The van der Waals surface area contributed by atoms with Crippen LogP contribution in [0.1, 0.15) is 11.1 Å². The highest BCUT2D eigenvalue weighted by molar-refractivity contribution is 5.58. The summed E-state index contributed by atoms with van der Waals surface area (Å²) in [6, 6.07) is 3.75. The van der Waals surface area contributed by atoms with E-state index in [1.807, 2.05) is 36.1 Å². The highest BCUT2D eigenvalue weighted by Gasteiger charge is 2.14. The van der Waals surface area contributed by atoms with Gasteiger partial charge in [0.2, 0.25) is 0 Å². The molecule has 0 aliphatic carbocycles. The van der Waals surface area contributed by atoms with E-state index in [1.165, 1.54) is 0 Å². The topological polar surface area (TPSA) is 62.3 Å². The van der Waals surface area contributed by atoms with E-state index in [9.17, 15) is 0 Å². The van der Waals surface area contributed by atoms with Crippen LogP contribution in [-0.2, 0) is 6.54 Å². The number of aryl methyl sites for hydroxylation is 1. The van der Waals surface area contributed by atoms with Crippen molar-refractivity contribution >= 4 is 5.69 Å². The van der Waals surface area contributed by atoms with E-state index in [0.717, 1.165) is 22.6 Å². The fourth-order valence-electron chi connectivity index (χ4n) is 2.01. The molecule has 1 aliphatic rings. The van der Waals surface area contributed by atoms with Gasteiger partial charge in [0.15, 0.2) is 11.5 Å². The summed E-state index contributed by atoms with van der Waals surface area (Å²) < 4.78 is 12.9. The molecule has 1 aromatic carbocycles. The summed E-state index contributed by atoms with van der Waals surface area (Å²) in [6.45, 7) is 3.80. The van der Waals surface area contributed by atoms with Crippen molar-refractivity contribution in [1.82, 2.24) is 9.78 Å². The highest BCUT2D eigenvalue weighted by Crippen LogP contribution is 2.34. The van der Waals surface area contributed by atoms with Gasteiger partial charge in [-0.05, 0) is 18.6 Å². The maximum atomic E-state index is 6.02. The first-order valence-electron chi connectivity index (χ1n) is 5.89. The second-order valence-corrected chi connectivity index (χ2v) is 4.41. The Hall–Kier alpha value is -2.17. The number of hydrogen-bond acceptors (Lipinski definition) is 4. The Bertz CT molecular complexity index is 578. The van der Waals surface area contributed by atoms with Gasteiger partial charge in [0.05, 0.1) is 12.7 Å². The summed E-state index contributed by atoms with van der Waals surface area (Å²) >= 11 is 0. The smallest absolute Gasteiger partial charge is 0.163 e. The van der Waals surface area contributed by atoms with Crippen molar-refractivity contribution in [3.8, 4) is 11.5 Å². The van der Waals surface area contributed by atoms with Gasteiger partial charge in [0.1, 0.15) is 13.2 Å². The highest BCUT2D eigenvalue weighted by atomic mass is 16.6. The minimum Gasteiger partial charge on any atom is -0.486 e. The van der Waals surface area contributed by atoms with E-state index >= 15 is 0 Å². The number of benzene rings is 1. The largest absolute Gasteiger partial charge is 0.486 e. The summed E-state index contributed by atoms with van der Waals surface area (Å²) in [6.07, 6.45) is 3.81. The quantitative estimate of drug-likeness (QED) is 0.816. The fraction of sp³-hybridized carbons (Fsp3) is 0.308. The number of fused-ring (bicyclic) bond motifs is 1. The lowest BCUT2D eigenvalue weighted by Crippen LogP contribution is -2.16. The molecular formula is C13H15N3O2. The van der Waals surface area contributed by atoms with Crippen molar-refractivity contribution in [3.05, 3.63) is 35.7 Å². The SMILES string of the molecule is Cc1cnn(Cc2cc3c(cc2N)OCCO3)c1. The summed E-state index contributed by atoms with van der Waals surface area (Å²) in [5, 5.41) is 4.25. The van der Waals surface area contributed by atoms with Crippen LogP contribution < -0.4 is 15.2 Å². The Labute approximate surface area is 105 Å². The first-order chi connectivity index (χ1) is 8.72. The Morgan fingerprint density at radius 1 is 1.28 bits per heavy atom. The number of anilines is 1. The van der Waals surface area contributed by atoms with Gasteiger partial charge in [0.25, 0.3) is 0 Å². The Balaban J connectivity index is 1.92.